The molecule has 31 heavy (non-hydrogen) atoms. The van der Waals surface area contributed by atoms with E-state index in [0.717, 1.165) is 50.8 Å². The predicted octanol–water partition coefficient (Wildman–Crippen LogP) is 5.17. The van der Waals surface area contributed by atoms with Gasteiger partial charge < -0.3 is 4.90 Å². The molecule has 3 aromatic carbocycles. The number of fused-ring (bicyclic) bond motifs is 2. The Labute approximate surface area is 181 Å². The lowest BCUT2D eigenvalue weighted by atomic mass is 9.96. The Morgan fingerprint density at radius 2 is 1.77 bits per heavy atom. The topological polar surface area (TPSA) is 57.0 Å². The van der Waals surface area contributed by atoms with Crippen molar-refractivity contribution in [1.29, 1.82) is 5.26 Å². The zero-order chi connectivity index (χ0) is 21.2. The van der Waals surface area contributed by atoms with E-state index >= 15 is 0 Å². The molecule has 0 N–H and O–H groups in total. The fourth-order valence-corrected chi connectivity index (χ4v) is 4.23. The number of benzene rings is 3. The van der Waals surface area contributed by atoms with E-state index in [2.05, 4.69) is 18.2 Å². The van der Waals surface area contributed by atoms with Crippen molar-refractivity contribution in [2.24, 2.45) is 0 Å². The maximum Gasteiger partial charge on any atom is 0.255 e. The average molecular weight is 403 g/mol. The van der Waals surface area contributed by atoms with Gasteiger partial charge >= 0.3 is 0 Å². The van der Waals surface area contributed by atoms with Crippen LogP contribution in [0.5, 0.6) is 0 Å². The van der Waals surface area contributed by atoms with E-state index in [1.807, 2.05) is 71.6 Å². The van der Waals surface area contributed by atoms with Crippen molar-refractivity contribution in [2.45, 2.75) is 19.4 Å². The number of carbonyl (C=O) groups excluding carboxylic acids is 1. The first-order valence-electron chi connectivity index (χ1n) is 10.4. The monoisotopic (exact) mass is 403 g/mol. The molecule has 0 radical (unpaired) electrons. The summed E-state index contributed by atoms with van der Waals surface area (Å²) >= 11 is 0. The highest BCUT2D eigenvalue weighted by molar-refractivity contribution is 6.04. The van der Waals surface area contributed by atoms with E-state index in [-0.39, 0.29) is 5.91 Å². The molecule has 0 unspecified atom stereocenters. The van der Waals surface area contributed by atoms with Crippen LogP contribution in [0, 0.1) is 11.3 Å². The van der Waals surface area contributed by atoms with Crippen LogP contribution in [0.15, 0.2) is 78.9 Å². The number of para-hydroxylation sites is 1. The minimum absolute atomic E-state index is 0.0764. The van der Waals surface area contributed by atoms with Crippen LogP contribution in [0.1, 0.15) is 27.2 Å². The van der Waals surface area contributed by atoms with E-state index in [1.54, 1.807) is 0 Å². The van der Waals surface area contributed by atoms with Crippen molar-refractivity contribution in [1.82, 2.24) is 9.88 Å². The minimum atomic E-state index is 0.0764. The van der Waals surface area contributed by atoms with Crippen LogP contribution in [-0.4, -0.2) is 22.3 Å². The number of nitriles is 1. The molecule has 0 saturated heterocycles. The Balaban J connectivity index is 1.36. The van der Waals surface area contributed by atoms with Gasteiger partial charge in [0, 0.05) is 30.6 Å². The summed E-state index contributed by atoms with van der Waals surface area (Å²) in [5.41, 5.74) is 6.78. The van der Waals surface area contributed by atoms with Crippen LogP contribution < -0.4 is 0 Å². The van der Waals surface area contributed by atoms with Gasteiger partial charge in [-0.3, -0.25) is 9.78 Å². The highest BCUT2D eigenvalue weighted by atomic mass is 16.2. The summed E-state index contributed by atoms with van der Waals surface area (Å²) < 4.78 is 0. The number of hydrogen-bond acceptors (Lipinski definition) is 3. The van der Waals surface area contributed by atoms with Crippen LogP contribution in [0.3, 0.4) is 0 Å². The number of aromatic nitrogens is 1. The van der Waals surface area contributed by atoms with E-state index in [0.29, 0.717) is 19.5 Å². The minimum Gasteiger partial charge on any atom is -0.334 e. The van der Waals surface area contributed by atoms with Crippen molar-refractivity contribution >= 4 is 16.8 Å². The predicted molar refractivity (Wildman–Crippen MR) is 121 cm³/mol. The lowest BCUT2D eigenvalue weighted by Crippen LogP contribution is -2.26. The molecule has 4 aromatic rings. The molecule has 4 heteroatoms. The van der Waals surface area contributed by atoms with Crippen molar-refractivity contribution in [3.8, 4) is 17.2 Å². The molecule has 0 bridgehead atoms. The molecule has 0 aliphatic carbocycles. The Hall–Kier alpha value is -3.97. The molecule has 0 atom stereocenters. The Morgan fingerprint density at radius 1 is 0.935 bits per heavy atom. The van der Waals surface area contributed by atoms with Gasteiger partial charge in [-0.25, -0.2) is 0 Å². The second kappa shape index (κ2) is 8.04. The largest absolute Gasteiger partial charge is 0.334 e. The molecular formula is C27H21N3O. The summed E-state index contributed by atoms with van der Waals surface area (Å²) in [5.74, 6) is 0.0764. The zero-order valence-corrected chi connectivity index (χ0v) is 17.1. The number of carbonyl (C=O) groups is 1. The number of nitrogens with zero attached hydrogens (tertiary/aromatic N) is 3. The van der Waals surface area contributed by atoms with Gasteiger partial charge in [-0.15, -0.1) is 0 Å². The van der Waals surface area contributed by atoms with E-state index in [1.165, 1.54) is 0 Å². The van der Waals surface area contributed by atoms with Crippen molar-refractivity contribution in [2.75, 3.05) is 6.54 Å². The van der Waals surface area contributed by atoms with Crippen LogP contribution in [-0.2, 0) is 19.4 Å². The summed E-state index contributed by atoms with van der Waals surface area (Å²) in [4.78, 5) is 19.9. The molecule has 0 fully saturated rings. The van der Waals surface area contributed by atoms with Crippen LogP contribution in [0.25, 0.3) is 22.0 Å². The second-order valence-electron chi connectivity index (χ2n) is 7.84. The van der Waals surface area contributed by atoms with Gasteiger partial charge in [-0.05, 0) is 34.4 Å². The lowest BCUT2D eigenvalue weighted by Gasteiger charge is -2.15. The molecule has 1 aliphatic heterocycles. The molecule has 0 saturated carbocycles. The van der Waals surface area contributed by atoms with Gasteiger partial charge in [-0.2, -0.15) is 5.26 Å². The third kappa shape index (κ3) is 3.67. The first-order valence-corrected chi connectivity index (χ1v) is 10.4. The maximum atomic E-state index is 13.3. The summed E-state index contributed by atoms with van der Waals surface area (Å²) in [5, 5.41) is 10.0. The average Bonchev–Trinajstić information content (AvgIpc) is 3.14. The highest BCUT2D eigenvalue weighted by Gasteiger charge is 2.29. The van der Waals surface area contributed by atoms with E-state index in [4.69, 9.17) is 10.2 Å². The third-order valence-electron chi connectivity index (χ3n) is 5.86. The Bertz CT molecular complexity index is 1320. The fourth-order valence-electron chi connectivity index (χ4n) is 4.23. The van der Waals surface area contributed by atoms with Gasteiger partial charge in [0.1, 0.15) is 0 Å². The molecule has 4 nitrogen and oxygen atoms in total. The van der Waals surface area contributed by atoms with Gasteiger partial charge in [0.2, 0.25) is 0 Å². The summed E-state index contributed by atoms with van der Waals surface area (Å²) in [7, 11) is 0. The van der Waals surface area contributed by atoms with Crippen molar-refractivity contribution in [3.63, 3.8) is 0 Å². The SMILES string of the molecule is N#CCc1ccc(-c2cccc3c2C(=O)N(CCc2ccc4ccccc4n2)C3)cc1. The first kappa shape index (κ1) is 19.0. The number of rotatable bonds is 5. The van der Waals surface area contributed by atoms with E-state index in [9.17, 15) is 4.79 Å². The van der Waals surface area contributed by atoms with Crippen molar-refractivity contribution < 1.29 is 4.79 Å². The number of hydrogen-bond donors (Lipinski definition) is 0. The number of amides is 1. The quantitative estimate of drug-likeness (QED) is 0.462. The fraction of sp³-hybridized carbons (Fsp3) is 0.148. The van der Waals surface area contributed by atoms with E-state index < -0.39 is 0 Å². The molecule has 5 rings (SSSR count). The molecule has 2 heterocycles. The Morgan fingerprint density at radius 3 is 2.61 bits per heavy atom. The third-order valence-corrected chi connectivity index (χ3v) is 5.86. The molecule has 1 amide bonds. The molecule has 1 aromatic heterocycles. The lowest BCUT2D eigenvalue weighted by molar-refractivity contribution is 0.0780. The molecule has 150 valence electrons. The highest BCUT2D eigenvalue weighted by Crippen LogP contribution is 2.33. The van der Waals surface area contributed by atoms with Crippen molar-refractivity contribution in [3.05, 3.63) is 101 Å². The maximum absolute atomic E-state index is 13.3. The van der Waals surface area contributed by atoms with Crippen LogP contribution in [0.4, 0.5) is 0 Å². The first-order chi connectivity index (χ1) is 15.2. The molecule has 1 aliphatic rings. The Kier molecular flexibility index (Phi) is 4.93. The second-order valence-corrected chi connectivity index (χ2v) is 7.84. The summed E-state index contributed by atoms with van der Waals surface area (Å²) in [6.45, 7) is 1.27. The molecular weight excluding hydrogens is 382 g/mol. The zero-order valence-electron chi connectivity index (χ0n) is 17.1. The smallest absolute Gasteiger partial charge is 0.255 e. The van der Waals surface area contributed by atoms with Crippen LogP contribution in [0.2, 0.25) is 0 Å². The van der Waals surface area contributed by atoms with Gasteiger partial charge in [0.15, 0.2) is 0 Å². The van der Waals surface area contributed by atoms with Gasteiger partial charge in [0.05, 0.1) is 23.6 Å². The van der Waals surface area contributed by atoms with Crippen LogP contribution >= 0.6 is 0 Å². The van der Waals surface area contributed by atoms with Gasteiger partial charge in [-0.1, -0.05) is 66.7 Å². The molecule has 0 spiro atoms. The number of pyridine rings is 1. The summed E-state index contributed by atoms with van der Waals surface area (Å²) in [6, 6.07) is 28.4. The standard InChI is InChI=1S/C27H21N3O/c28-16-14-19-8-10-20(11-9-19)24-6-3-5-22-18-30(27(31)26(22)24)17-15-23-13-12-21-4-1-2-7-25(21)29-23/h1-13H,14-15,17-18H2. The van der Waals surface area contributed by atoms with Gasteiger partial charge in [0.25, 0.3) is 5.91 Å². The normalized spacial score (nSPS) is 12.7. The summed E-state index contributed by atoms with van der Waals surface area (Å²) in [6.07, 6.45) is 1.12.